The molecule has 0 aromatic heterocycles. The quantitative estimate of drug-likeness (QED) is 0.526. The van der Waals surface area contributed by atoms with Crippen molar-refractivity contribution in [1.82, 2.24) is 0 Å². The molecule has 2 heteroatoms. The number of carbonyl (C=O) groups is 1. The minimum absolute atomic E-state index is 0.00690. The number of rotatable bonds is 5. The van der Waals surface area contributed by atoms with Crippen molar-refractivity contribution in [3.63, 3.8) is 0 Å². The van der Waals surface area contributed by atoms with Gasteiger partial charge in [-0.2, -0.15) is 0 Å². The van der Waals surface area contributed by atoms with Crippen LogP contribution in [-0.2, 0) is 4.74 Å². The molecular formula is C12H14O2. The van der Waals surface area contributed by atoms with E-state index in [9.17, 15) is 4.79 Å². The largest absolute Gasteiger partial charge is 0.366 e. The van der Waals surface area contributed by atoms with Crippen LogP contribution in [0.15, 0.2) is 43.0 Å². The number of ether oxygens (including phenoxy) is 1. The summed E-state index contributed by atoms with van der Waals surface area (Å²) < 4.78 is 5.24. The summed E-state index contributed by atoms with van der Waals surface area (Å²) in [5.74, 6) is 0.00690. The lowest BCUT2D eigenvalue weighted by Gasteiger charge is -2.09. The first-order chi connectivity index (χ1) is 6.75. The summed E-state index contributed by atoms with van der Waals surface area (Å²) in [4.78, 5) is 11.7. The van der Waals surface area contributed by atoms with Gasteiger partial charge in [-0.3, -0.25) is 4.79 Å². The molecule has 0 bridgehead atoms. The Balaban J connectivity index is 2.61. The summed E-state index contributed by atoms with van der Waals surface area (Å²) >= 11 is 0. The Bertz CT molecular complexity index is 303. The average Bonchev–Trinajstić information content (AvgIpc) is 2.26. The Morgan fingerprint density at radius 2 is 2.14 bits per heavy atom. The summed E-state index contributed by atoms with van der Waals surface area (Å²) in [6.07, 6.45) is 1.23. The Labute approximate surface area is 84.2 Å². The molecule has 0 aliphatic heterocycles. The molecular weight excluding hydrogens is 176 g/mol. The van der Waals surface area contributed by atoms with Gasteiger partial charge in [-0.05, 0) is 6.92 Å². The van der Waals surface area contributed by atoms with Gasteiger partial charge < -0.3 is 4.74 Å². The number of Topliss-reactive ketones (excluding diaryl/α,β-unsaturated/α-hetero) is 1. The molecule has 0 amide bonds. The first kappa shape index (κ1) is 10.7. The SMILES string of the molecule is C=CCOC(C)C(=O)c1ccccc1. The van der Waals surface area contributed by atoms with Crippen molar-refractivity contribution in [2.24, 2.45) is 0 Å². The molecule has 14 heavy (non-hydrogen) atoms. The van der Waals surface area contributed by atoms with Gasteiger partial charge in [0.25, 0.3) is 0 Å². The molecule has 1 aromatic carbocycles. The van der Waals surface area contributed by atoms with Crippen LogP contribution in [-0.4, -0.2) is 18.5 Å². The molecule has 1 atom stereocenters. The Kier molecular flexibility index (Phi) is 4.08. The van der Waals surface area contributed by atoms with Crippen molar-refractivity contribution >= 4 is 5.78 Å². The maximum absolute atomic E-state index is 11.7. The van der Waals surface area contributed by atoms with Gasteiger partial charge in [0.2, 0.25) is 0 Å². The predicted octanol–water partition coefficient (Wildman–Crippen LogP) is 2.46. The number of hydrogen-bond acceptors (Lipinski definition) is 2. The number of ketones is 1. The zero-order valence-electron chi connectivity index (χ0n) is 8.27. The van der Waals surface area contributed by atoms with Crippen molar-refractivity contribution in [2.75, 3.05) is 6.61 Å². The molecule has 0 spiro atoms. The van der Waals surface area contributed by atoms with Crippen LogP contribution < -0.4 is 0 Å². The number of benzene rings is 1. The second-order valence-corrected chi connectivity index (χ2v) is 2.99. The van der Waals surface area contributed by atoms with Crippen molar-refractivity contribution in [3.05, 3.63) is 48.6 Å². The first-order valence-electron chi connectivity index (χ1n) is 4.57. The maximum atomic E-state index is 11.7. The van der Waals surface area contributed by atoms with Crippen LogP contribution in [0.5, 0.6) is 0 Å². The molecule has 0 saturated heterocycles. The molecule has 2 nitrogen and oxygen atoms in total. The molecule has 74 valence electrons. The molecule has 1 unspecified atom stereocenters. The Morgan fingerprint density at radius 1 is 1.50 bits per heavy atom. The molecule has 0 aliphatic rings. The predicted molar refractivity (Wildman–Crippen MR) is 56.4 cm³/mol. The lowest BCUT2D eigenvalue weighted by atomic mass is 10.1. The molecule has 0 aliphatic carbocycles. The summed E-state index contributed by atoms with van der Waals surface area (Å²) in [5.41, 5.74) is 0.684. The molecule has 1 rings (SSSR count). The molecule has 0 heterocycles. The highest BCUT2D eigenvalue weighted by molar-refractivity contribution is 5.99. The van der Waals surface area contributed by atoms with Crippen LogP contribution in [0.25, 0.3) is 0 Å². The zero-order valence-corrected chi connectivity index (χ0v) is 8.27. The Hall–Kier alpha value is -1.41. The van der Waals surface area contributed by atoms with E-state index in [0.29, 0.717) is 12.2 Å². The van der Waals surface area contributed by atoms with E-state index < -0.39 is 6.10 Å². The van der Waals surface area contributed by atoms with E-state index in [0.717, 1.165) is 0 Å². The molecule has 0 saturated carbocycles. The Morgan fingerprint density at radius 3 is 2.71 bits per heavy atom. The van der Waals surface area contributed by atoms with Crippen LogP contribution >= 0.6 is 0 Å². The van der Waals surface area contributed by atoms with Gasteiger partial charge in [0.05, 0.1) is 6.61 Å². The summed E-state index contributed by atoms with van der Waals surface area (Å²) in [6.45, 7) is 5.68. The molecule has 0 N–H and O–H groups in total. The third-order valence-corrected chi connectivity index (χ3v) is 1.89. The molecule has 0 fully saturated rings. The normalized spacial score (nSPS) is 12.1. The lowest BCUT2D eigenvalue weighted by Crippen LogP contribution is -2.20. The fraction of sp³-hybridized carbons (Fsp3) is 0.250. The second kappa shape index (κ2) is 5.35. The topological polar surface area (TPSA) is 26.3 Å². The molecule has 1 aromatic rings. The fourth-order valence-electron chi connectivity index (χ4n) is 1.13. The minimum Gasteiger partial charge on any atom is -0.366 e. The second-order valence-electron chi connectivity index (χ2n) is 2.99. The van der Waals surface area contributed by atoms with Crippen LogP contribution in [0.2, 0.25) is 0 Å². The van der Waals surface area contributed by atoms with Gasteiger partial charge in [0.15, 0.2) is 5.78 Å². The van der Waals surface area contributed by atoms with E-state index in [1.807, 2.05) is 18.2 Å². The monoisotopic (exact) mass is 190 g/mol. The van der Waals surface area contributed by atoms with Crippen molar-refractivity contribution in [3.8, 4) is 0 Å². The van der Waals surface area contributed by atoms with E-state index >= 15 is 0 Å². The standard InChI is InChI=1S/C12H14O2/c1-3-9-14-10(2)12(13)11-7-5-4-6-8-11/h3-8,10H,1,9H2,2H3. The van der Waals surface area contributed by atoms with Crippen molar-refractivity contribution in [1.29, 1.82) is 0 Å². The minimum atomic E-state index is -0.407. The van der Waals surface area contributed by atoms with Gasteiger partial charge >= 0.3 is 0 Å². The first-order valence-corrected chi connectivity index (χ1v) is 4.57. The third-order valence-electron chi connectivity index (χ3n) is 1.89. The van der Waals surface area contributed by atoms with Crippen LogP contribution in [0.3, 0.4) is 0 Å². The zero-order chi connectivity index (χ0) is 10.4. The fourth-order valence-corrected chi connectivity index (χ4v) is 1.13. The molecule has 0 radical (unpaired) electrons. The van der Waals surface area contributed by atoms with E-state index in [1.54, 1.807) is 25.1 Å². The van der Waals surface area contributed by atoms with Gasteiger partial charge in [-0.15, -0.1) is 6.58 Å². The smallest absolute Gasteiger partial charge is 0.191 e. The summed E-state index contributed by atoms with van der Waals surface area (Å²) in [7, 11) is 0. The van der Waals surface area contributed by atoms with E-state index in [-0.39, 0.29) is 5.78 Å². The van der Waals surface area contributed by atoms with Crippen molar-refractivity contribution < 1.29 is 9.53 Å². The number of carbonyl (C=O) groups excluding carboxylic acids is 1. The van der Waals surface area contributed by atoms with Crippen molar-refractivity contribution in [2.45, 2.75) is 13.0 Å². The average molecular weight is 190 g/mol. The van der Waals surface area contributed by atoms with E-state index in [1.165, 1.54) is 0 Å². The highest BCUT2D eigenvalue weighted by Crippen LogP contribution is 2.05. The highest BCUT2D eigenvalue weighted by Gasteiger charge is 2.14. The lowest BCUT2D eigenvalue weighted by molar-refractivity contribution is 0.0566. The summed E-state index contributed by atoms with van der Waals surface area (Å²) in [6, 6.07) is 9.14. The third kappa shape index (κ3) is 2.82. The summed E-state index contributed by atoms with van der Waals surface area (Å²) in [5, 5.41) is 0. The number of hydrogen-bond donors (Lipinski definition) is 0. The highest BCUT2D eigenvalue weighted by atomic mass is 16.5. The van der Waals surface area contributed by atoms with Crippen LogP contribution in [0.1, 0.15) is 17.3 Å². The van der Waals surface area contributed by atoms with Gasteiger partial charge in [0, 0.05) is 5.56 Å². The van der Waals surface area contributed by atoms with E-state index in [4.69, 9.17) is 4.74 Å². The van der Waals surface area contributed by atoms with E-state index in [2.05, 4.69) is 6.58 Å². The van der Waals surface area contributed by atoms with Crippen LogP contribution in [0, 0.1) is 0 Å². The van der Waals surface area contributed by atoms with Gasteiger partial charge in [-0.25, -0.2) is 0 Å². The van der Waals surface area contributed by atoms with Gasteiger partial charge in [-0.1, -0.05) is 36.4 Å². The van der Waals surface area contributed by atoms with Crippen LogP contribution in [0.4, 0.5) is 0 Å². The maximum Gasteiger partial charge on any atom is 0.191 e. The van der Waals surface area contributed by atoms with Gasteiger partial charge in [0.1, 0.15) is 6.10 Å².